The van der Waals surface area contributed by atoms with Crippen molar-refractivity contribution in [3.63, 3.8) is 0 Å². The van der Waals surface area contributed by atoms with Gasteiger partial charge in [-0.2, -0.15) is 0 Å². The van der Waals surface area contributed by atoms with Gasteiger partial charge in [-0.05, 0) is 19.1 Å². The fourth-order valence-corrected chi connectivity index (χ4v) is 0.707. The molecule has 50 valence electrons. The first-order valence-electron chi connectivity index (χ1n) is 2.84. The maximum atomic E-state index is 5.82. The minimum atomic E-state index is -0.0417. The molecule has 0 aliphatic heterocycles. The van der Waals surface area contributed by atoms with Crippen LogP contribution in [-0.2, 0) is 0 Å². The molecular weight excluding hydrogens is 118 g/mol. The third-order valence-electron chi connectivity index (χ3n) is 1.59. The van der Waals surface area contributed by atoms with Crippen molar-refractivity contribution in [1.29, 1.82) is 0 Å². The number of rotatable bonds is 2. The fourth-order valence-electron chi connectivity index (χ4n) is 0.236. The van der Waals surface area contributed by atoms with E-state index < -0.39 is 0 Å². The molecule has 0 aromatic rings. The van der Waals surface area contributed by atoms with E-state index in [9.17, 15) is 0 Å². The predicted octanol–water partition coefficient (Wildman–Crippen LogP) is 1.68. The second-order valence-corrected chi connectivity index (χ2v) is 3.83. The van der Waals surface area contributed by atoms with Crippen molar-refractivity contribution in [2.75, 3.05) is 6.26 Å². The van der Waals surface area contributed by atoms with Crippen LogP contribution >= 0.6 is 11.8 Å². The predicted molar refractivity (Wildman–Crippen MR) is 40.9 cm³/mol. The van der Waals surface area contributed by atoms with Crippen LogP contribution in [0.4, 0.5) is 0 Å². The molecule has 8 heavy (non-hydrogen) atoms. The van der Waals surface area contributed by atoms with Crippen LogP contribution < -0.4 is 5.73 Å². The molecule has 0 rings (SSSR count). The standard InChI is InChI=1S/C6H15NS/c1-5(2)6(3,7)8-4/h5H,7H2,1-4H3. The summed E-state index contributed by atoms with van der Waals surface area (Å²) < 4.78 is 0. The van der Waals surface area contributed by atoms with Gasteiger partial charge in [0.25, 0.3) is 0 Å². The molecule has 0 bridgehead atoms. The summed E-state index contributed by atoms with van der Waals surface area (Å²) >= 11 is 1.71. The summed E-state index contributed by atoms with van der Waals surface area (Å²) in [6.07, 6.45) is 2.04. The lowest BCUT2D eigenvalue weighted by Crippen LogP contribution is -2.37. The molecule has 0 aromatic carbocycles. The van der Waals surface area contributed by atoms with Gasteiger partial charge in [-0.25, -0.2) is 0 Å². The third kappa shape index (κ3) is 2.05. The first kappa shape index (κ1) is 8.31. The lowest BCUT2D eigenvalue weighted by molar-refractivity contribution is 0.484. The molecule has 0 amide bonds. The minimum absolute atomic E-state index is 0.0417. The summed E-state index contributed by atoms with van der Waals surface area (Å²) in [5.41, 5.74) is 5.82. The van der Waals surface area contributed by atoms with Crippen LogP contribution in [0.1, 0.15) is 20.8 Å². The van der Waals surface area contributed by atoms with E-state index in [1.165, 1.54) is 0 Å². The van der Waals surface area contributed by atoms with Gasteiger partial charge in [0, 0.05) is 0 Å². The normalized spacial score (nSPS) is 18.8. The minimum Gasteiger partial charge on any atom is -0.317 e. The second kappa shape index (κ2) is 2.74. The average molecular weight is 133 g/mol. The van der Waals surface area contributed by atoms with Crippen molar-refractivity contribution in [1.82, 2.24) is 0 Å². The van der Waals surface area contributed by atoms with Gasteiger partial charge in [0.1, 0.15) is 0 Å². The highest BCUT2D eigenvalue weighted by atomic mass is 32.2. The Kier molecular flexibility index (Phi) is 2.84. The zero-order valence-corrected chi connectivity index (χ0v) is 6.88. The summed E-state index contributed by atoms with van der Waals surface area (Å²) in [7, 11) is 0. The van der Waals surface area contributed by atoms with Gasteiger partial charge in [0.05, 0.1) is 4.87 Å². The maximum absolute atomic E-state index is 5.82. The van der Waals surface area contributed by atoms with Crippen LogP contribution in [0.5, 0.6) is 0 Å². The molecule has 1 unspecified atom stereocenters. The van der Waals surface area contributed by atoms with E-state index in [4.69, 9.17) is 5.73 Å². The van der Waals surface area contributed by atoms with Crippen LogP contribution in [0.2, 0.25) is 0 Å². The van der Waals surface area contributed by atoms with Gasteiger partial charge in [-0.15, -0.1) is 11.8 Å². The Labute approximate surface area is 56.0 Å². The van der Waals surface area contributed by atoms with E-state index in [-0.39, 0.29) is 4.87 Å². The first-order valence-corrected chi connectivity index (χ1v) is 4.07. The van der Waals surface area contributed by atoms with Crippen molar-refractivity contribution < 1.29 is 0 Å². The van der Waals surface area contributed by atoms with E-state index >= 15 is 0 Å². The van der Waals surface area contributed by atoms with Crippen molar-refractivity contribution in [3.05, 3.63) is 0 Å². The molecule has 0 fully saturated rings. The summed E-state index contributed by atoms with van der Waals surface area (Å²) in [6.45, 7) is 6.33. The summed E-state index contributed by atoms with van der Waals surface area (Å²) in [5, 5.41) is 0. The Hall–Kier alpha value is 0.310. The molecule has 1 nitrogen and oxygen atoms in total. The fraction of sp³-hybridized carbons (Fsp3) is 1.00. The van der Waals surface area contributed by atoms with E-state index in [1.54, 1.807) is 11.8 Å². The van der Waals surface area contributed by atoms with Gasteiger partial charge < -0.3 is 5.73 Å². The van der Waals surface area contributed by atoms with Gasteiger partial charge in [0.2, 0.25) is 0 Å². The Morgan fingerprint density at radius 3 is 1.88 bits per heavy atom. The van der Waals surface area contributed by atoms with Crippen molar-refractivity contribution in [2.24, 2.45) is 11.7 Å². The third-order valence-corrected chi connectivity index (χ3v) is 2.94. The summed E-state index contributed by atoms with van der Waals surface area (Å²) in [6, 6.07) is 0. The molecule has 0 radical (unpaired) electrons. The topological polar surface area (TPSA) is 26.0 Å². The van der Waals surface area contributed by atoms with Gasteiger partial charge in [0.15, 0.2) is 0 Å². The van der Waals surface area contributed by atoms with E-state index in [2.05, 4.69) is 20.8 Å². The van der Waals surface area contributed by atoms with Crippen molar-refractivity contribution >= 4 is 11.8 Å². The molecule has 2 N–H and O–H groups in total. The highest BCUT2D eigenvalue weighted by Gasteiger charge is 2.20. The molecule has 0 spiro atoms. The highest BCUT2D eigenvalue weighted by molar-refractivity contribution is 7.99. The van der Waals surface area contributed by atoms with Crippen LogP contribution in [0.3, 0.4) is 0 Å². The zero-order valence-electron chi connectivity index (χ0n) is 6.06. The monoisotopic (exact) mass is 133 g/mol. The van der Waals surface area contributed by atoms with Crippen LogP contribution in [0, 0.1) is 5.92 Å². The number of thioether (sulfide) groups is 1. The Morgan fingerprint density at radius 2 is 1.88 bits per heavy atom. The zero-order chi connectivity index (χ0) is 6.78. The number of hydrogen-bond donors (Lipinski definition) is 1. The van der Waals surface area contributed by atoms with E-state index in [0.29, 0.717) is 5.92 Å². The molecule has 0 aromatic heterocycles. The second-order valence-electron chi connectivity index (χ2n) is 2.54. The van der Waals surface area contributed by atoms with Crippen molar-refractivity contribution in [3.8, 4) is 0 Å². The molecule has 0 aliphatic carbocycles. The van der Waals surface area contributed by atoms with Crippen LogP contribution in [0.25, 0.3) is 0 Å². The summed E-state index contributed by atoms with van der Waals surface area (Å²) in [5.74, 6) is 0.553. The molecule has 0 saturated carbocycles. The van der Waals surface area contributed by atoms with Crippen molar-refractivity contribution in [2.45, 2.75) is 25.6 Å². The Balaban J connectivity index is 3.71. The van der Waals surface area contributed by atoms with E-state index in [0.717, 1.165) is 0 Å². The quantitative estimate of drug-likeness (QED) is 0.580. The smallest absolute Gasteiger partial charge is 0.0612 e. The molecule has 2 heteroatoms. The molecule has 0 saturated heterocycles. The van der Waals surface area contributed by atoms with Gasteiger partial charge in [-0.3, -0.25) is 0 Å². The van der Waals surface area contributed by atoms with Gasteiger partial charge in [-0.1, -0.05) is 13.8 Å². The lowest BCUT2D eigenvalue weighted by Gasteiger charge is -2.26. The first-order chi connectivity index (χ1) is 3.50. The number of hydrogen-bond acceptors (Lipinski definition) is 2. The Morgan fingerprint density at radius 1 is 1.50 bits per heavy atom. The molecular formula is C6H15NS. The summed E-state index contributed by atoms with van der Waals surface area (Å²) in [4.78, 5) is -0.0417. The number of nitrogens with two attached hydrogens (primary N) is 1. The van der Waals surface area contributed by atoms with Gasteiger partial charge >= 0.3 is 0 Å². The Bertz CT molecular complexity index is 68.9. The average Bonchev–Trinajstić information content (AvgIpc) is 1.67. The van der Waals surface area contributed by atoms with Crippen LogP contribution in [-0.4, -0.2) is 11.1 Å². The maximum Gasteiger partial charge on any atom is 0.0612 e. The van der Waals surface area contributed by atoms with E-state index in [1.807, 2.05) is 6.26 Å². The SMILES string of the molecule is CSC(C)(N)C(C)C. The molecule has 1 atom stereocenters. The largest absolute Gasteiger partial charge is 0.317 e. The van der Waals surface area contributed by atoms with Crippen LogP contribution in [0.15, 0.2) is 0 Å². The molecule has 0 heterocycles. The lowest BCUT2D eigenvalue weighted by atomic mass is 10.1. The highest BCUT2D eigenvalue weighted by Crippen LogP contribution is 2.23. The molecule has 0 aliphatic rings.